The van der Waals surface area contributed by atoms with Gasteiger partial charge in [0.05, 0.1) is 26.0 Å². The predicted molar refractivity (Wildman–Crippen MR) is 119 cm³/mol. The van der Waals surface area contributed by atoms with Gasteiger partial charge in [0.15, 0.2) is 0 Å². The molecule has 0 saturated heterocycles. The summed E-state index contributed by atoms with van der Waals surface area (Å²) in [6.45, 7) is 0.251. The van der Waals surface area contributed by atoms with Crippen molar-refractivity contribution in [2.75, 3.05) is 14.2 Å². The van der Waals surface area contributed by atoms with Crippen molar-refractivity contribution in [1.29, 1.82) is 0 Å². The quantitative estimate of drug-likeness (QED) is 0.393. The first-order chi connectivity index (χ1) is 15.5. The molecule has 0 aromatic heterocycles. The van der Waals surface area contributed by atoms with Gasteiger partial charge in [-0.3, -0.25) is 4.79 Å². The van der Waals surface area contributed by atoms with Crippen LogP contribution < -0.4 is 19.6 Å². The van der Waals surface area contributed by atoms with Crippen LogP contribution in [-0.2, 0) is 6.61 Å². The summed E-state index contributed by atoms with van der Waals surface area (Å²) in [6.07, 6.45) is 1.48. The molecule has 0 aliphatic rings. The minimum Gasteiger partial charge on any atom is -0.497 e. The van der Waals surface area contributed by atoms with Gasteiger partial charge in [0.1, 0.15) is 23.9 Å². The van der Waals surface area contributed by atoms with Crippen molar-refractivity contribution in [3.05, 3.63) is 89.0 Å². The van der Waals surface area contributed by atoms with Crippen LogP contribution in [0.25, 0.3) is 0 Å². The Hall–Kier alpha value is -4.33. The Morgan fingerprint density at radius 2 is 1.59 bits per heavy atom. The molecule has 0 heterocycles. The number of nitrogens with one attached hydrogen (secondary N) is 1. The maximum Gasteiger partial charge on any atom is 0.335 e. The van der Waals surface area contributed by atoms with E-state index in [-0.39, 0.29) is 12.2 Å². The second-order valence-electron chi connectivity index (χ2n) is 6.63. The number of hydrogen-bond donors (Lipinski definition) is 2. The lowest BCUT2D eigenvalue weighted by Gasteiger charge is -2.09. The number of hydrogen-bond acceptors (Lipinski definition) is 6. The molecular weight excluding hydrogens is 412 g/mol. The van der Waals surface area contributed by atoms with E-state index < -0.39 is 11.9 Å². The van der Waals surface area contributed by atoms with Crippen molar-refractivity contribution in [3.8, 4) is 17.2 Å². The van der Waals surface area contributed by atoms with Crippen LogP contribution in [0.1, 0.15) is 31.8 Å². The topological polar surface area (TPSA) is 106 Å². The molecular formula is C24H22N2O6. The van der Waals surface area contributed by atoms with Gasteiger partial charge in [0, 0.05) is 17.2 Å². The second kappa shape index (κ2) is 10.6. The highest BCUT2D eigenvalue weighted by molar-refractivity contribution is 5.96. The zero-order valence-corrected chi connectivity index (χ0v) is 17.6. The Balaban J connectivity index is 1.65. The van der Waals surface area contributed by atoms with Crippen LogP contribution in [0.4, 0.5) is 0 Å². The highest BCUT2D eigenvalue weighted by Crippen LogP contribution is 2.22. The molecule has 8 nitrogen and oxygen atoms in total. The molecule has 0 atom stereocenters. The number of rotatable bonds is 9. The number of nitrogens with zero attached hydrogens (tertiary/aromatic N) is 1. The zero-order valence-electron chi connectivity index (χ0n) is 17.6. The molecule has 0 spiro atoms. The number of carboxylic acid groups (broad SMARTS) is 1. The van der Waals surface area contributed by atoms with E-state index >= 15 is 0 Å². The molecule has 3 rings (SSSR count). The predicted octanol–water partition coefficient (Wildman–Crippen LogP) is 3.74. The van der Waals surface area contributed by atoms with E-state index in [0.29, 0.717) is 28.4 Å². The summed E-state index contributed by atoms with van der Waals surface area (Å²) >= 11 is 0. The number of methoxy groups -OCH3 is 2. The summed E-state index contributed by atoms with van der Waals surface area (Å²) < 4.78 is 16.2. The fourth-order valence-corrected chi connectivity index (χ4v) is 2.79. The summed E-state index contributed by atoms with van der Waals surface area (Å²) in [4.78, 5) is 23.4. The van der Waals surface area contributed by atoms with Gasteiger partial charge in [-0.2, -0.15) is 5.10 Å². The standard InChI is InChI=1S/C24H22N2O6/c1-30-20-11-19(12-21(13-20)31-2)23(27)26-25-14-18-5-3-4-6-22(18)32-15-16-7-9-17(10-8-16)24(28)29/h3-14H,15H2,1-2H3,(H,26,27)(H,28,29). The number of amides is 1. The van der Waals surface area contributed by atoms with Crippen LogP contribution in [0.5, 0.6) is 17.2 Å². The van der Waals surface area contributed by atoms with Crippen molar-refractivity contribution in [2.45, 2.75) is 6.61 Å². The number of carbonyl (C=O) groups excluding carboxylic acids is 1. The SMILES string of the molecule is COc1cc(OC)cc(C(=O)NN=Cc2ccccc2OCc2ccc(C(=O)O)cc2)c1. The van der Waals surface area contributed by atoms with Crippen LogP contribution in [0, 0.1) is 0 Å². The Bertz CT molecular complexity index is 1100. The van der Waals surface area contributed by atoms with Crippen molar-refractivity contribution in [1.82, 2.24) is 5.43 Å². The third kappa shape index (κ3) is 5.85. The molecule has 3 aromatic rings. The van der Waals surface area contributed by atoms with Gasteiger partial charge < -0.3 is 19.3 Å². The van der Waals surface area contributed by atoms with Crippen LogP contribution in [0.3, 0.4) is 0 Å². The fourth-order valence-electron chi connectivity index (χ4n) is 2.79. The Labute approximate surface area is 185 Å². The Morgan fingerprint density at radius 3 is 2.22 bits per heavy atom. The maximum absolute atomic E-state index is 12.4. The highest BCUT2D eigenvalue weighted by Gasteiger charge is 2.09. The van der Waals surface area contributed by atoms with Crippen LogP contribution in [0.2, 0.25) is 0 Å². The van der Waals surface area contributed by atoms with Gasteiger partial charge in [0.2, 0.25) is 0 Å². The summed E-state index contributed by atoms with van der Waals surface area (Å²) in [7, 11) is 3.01. The number of ether oxygens (including phenoxy) is 3. The lowest BCUT2D eigenvalue weighted by molar-refractivity contribution is 0.0696. The highest BCUT2D eigenvalue weighted by atomic mass is 16.5. The third-order valence-electron chi connectivity index (χ3n) is 4.50. The van der Waals surface area contributed by atoms with Gasteiger partial charge in [-0.25, -0.2) is 10.2 Å². The van der Waals surface area contributed by atoms with Gasteiger partial charge >= 0.3 is 5.97 Å². The molecule has 32 heavy (non-hydrogen) atoms. The molecule has 1 amide bonds. The van der Waals surface area contributed by atoms with Crippen LogP contribution in [-0.4, -0.2) is 37.4 Å². The molecule has 164 valence electrons. The van der Waals surface area contributed by atoms with Gasteiger partial charge in [-0.05, 0) is 42.0 Å². The normalized spacial score (nSPS) is 10.6. The lowest BCUT2D eigenvalue weighted by Crippen LogP contribution is -2.17. The third-order valence-corrected chi connectivity index (χ3v) is 4.50. The molecule has 0 fully saturated rings. The van der Waals surface area contributed by atoms with Gasteiger partial charge in [-0.1, -0.05) is 24.3 Å². The number of hydrazone groups is 1. The number of carboxylic acids is 1. The first-order valence-electron chi connectivity index (χ1n) is 9.60. The monoisotopic (exact) mass is 434 g/mol. The number of para-hydroxylation sites is 1. The Morgan fingerprint density at radius 1 is 0.938 bits per heavy atom. The molecule has 0 saturated carbocycles. The minimum absolute atomic E-state index is 0.214. The number of carbonyl (C=O) groups is 2. The average molecular weight is 434 g/mol. The second-order valence-corrected chi connectivity index (χ2v) is 6.63. The van der Waals surface area contributed by atoms with E-state index in [1.165, 1.54) is 32.6 Å². The molecule has 3 aromatic carbocycles. The first kappa shape index (κ1) is 22.4. The summed E-state index contributed by atoms with van der Waals surface area (Å²) in [5, 5.41) is 13.0. The van der Waals surface area contributed by atoms with E-state index in [0.717, 1.165) is 5.56 Å². The van der Waals surface area contributed by atoms with Crippen molar-refractivity contribution in [3.63, 3.8) is 0 Å². The van der Waals surface area contributed by atoms with Crippen molar-refractivity contribution < 1.29 is 28.9 Å². The molecule has 8 heteroatoms. The van der Waals surface area contributed by atoms with E-state index in [1.807, 2.05) is 12.1 Å². The summed E-state index contributed by atoms with van der Waals surface area (Å²) in [5.74, 6) is 0.155. The van der Waals surface area contributed by atoms with Gasteiger partial charge in [0.25, 0.3) is 5.91 Å². The van der Waals surface area contributed by atoms with Crippen LogP contribution >= 0.6 is 0 Å². The molecule has 0 unspecified atom stereocenters. The van der Waals surface area contributed by atoms with E-state index in [1.54, 1.807) is 42.5 Å². The van der Waals surface area contributed by atoms with Gasteiger partial charge in [-0.15, -0.1) is 0 Å². The molecule has 0 aliphatic heterocycles. The number of benzene rings is 3. The molecule has 0 bridgehead atoms. The maximum atomic E-state index is 12.4. The first-order valence-corrected chi connectivity index (χ1v) is 9.60. The largest absolute Gasteiger partial charge is 0.497 e. The Kier molecular flexibility index (Phi) is 7.42. The van der Waals surface area contributed by atoms with Crippen molar-refractivity contribution >= 4 is 18.1 Å². The minimum atomic E-state index is -0.978. The average Bonchev–Trinajstić information content (AvgIpc) is 2.83. The zero-order chi connectivity index (χ0) is 22.9. The number of aromatic carboxylic acids is 1. The smallest absolute Gasteiger partial charge is 0.335 e. The molecule has 0 radical (unpaired) electrons. The van der Waals surface area contributed by atoms with E-state index in [4.69, 9.17) is 19.3 Å². The summed E-state index contributed by atoms with van der Waals surface area (Å²) in [5.41, 5.74) is 4.52. The van der Waals surface area contributed by atoms with Crippen molar-refractivity contribution in [2.24, 2.45) is 5.10 Å². The van der Waals surface area contributed by atoms with E-state index in [9.17, 15) is 9.59 Å². The fraction of sp³-hybridized carbons (Fsp3) is 0.125. The molecule has 0 aliphatic carbocycles. The lowest BCUT2D eigenvalue weighted by atomic mass is 10.1. The van der Waals surface area contributed by atoms with Crippen LogP contribution in [0.15, 0.2) is 71.8 Å². The molecule has 2 N–H and O–H groups in total. The van der Waals surface area contributed by atoms with E-state index in [2.05, 4.69) is 10.5 Å². The summed E-state index contributed by atoms with van der Waals surface area (Å²) in [6, 6.07) is 18.5.